The second-order valence-corrected chi connectivity index (χ2v) is 10.6. The molecule has 0 aliphatic heterocycles. The maximum Gasteiger partial charge on any atom is 0.469 e. The monoisotopic (exact) mass is 532 g/mol. The summed E-state index contributed by atoms with van der Waals surface area (Å²) in [5.41, 5.74) is 0. The van der Waals surface area contributed by atoms with Gasteiger partial charge in [-0.25, -0.2) is 4.57 Å². The second kappa shape index (κ2) is 24.0. The van der Waals surface area contributed by atoms with Crippen LogP contribution in [0.3, 0.4) is 0 Å². The third kappa shape index (κ3) is 25.7. The van der Waals surface area contributed by atoms with E-state index in [0.717, 1.165) is 64.2 Å². The number of carbonyl (C=O) groups is 2. The molecule has 0 spiro atoms. The quantitative estimate of drug-likeness (QED) is 0.0583. The van der Waals surface area contributed by atoms with Crippen molar-refractivity contribution in [3.05, 3.63) is 0 Å². The Morgan fingerprint density at radius 1 is 0.750 bits per heavy atom. The SMILES string of the molecule is C#CCCCCCCCCCC(=O)OC(COC(=O)CCCCCCCCCCC)COP(=O)(O)O. The number of carbonyl (C=O) groups excluding carboxylic acids is 2. The zero-order valence-electron chi connectivity index (χ0n) is 22.3. The molecule has 8 nitrogen and oxygen atoms in total. The fourth-order valence-electron chi connectivity index (χ4n) is 3.76. The van der Waals surface area contributed by atoms with E-state index in [1.807, 2.05) is 0 Å². The molecule has 9 heteroatoms. The van der Waals surface area contributed by atoms with Gasteiger partial charge in [0, 0.05) is 19.3 Å². The van der Waals surface area contributed by atoms with Gasteiger partial charge in [-0.3, -0.25) is 14.1 Å². The molecule has 0 amide bonds. The smallest absolute Gasteiger partial charge is 0.462 e. The third-order valence-electron chi connectivity index (χ3n) is 5.84. The van der Waals surface area contributed by atoms with E-state index in [-0.39, 0.29) is 19.4 Å². The van der Waals surface area contributed by atoms with E-state index in [1.54, 1.807) is 0 Å². The fraction of sp³-hybridized carbons (Fsp3) is 0.852. The maximum absolute atomic E-state index is 12.2. The van der Waals surface area contributed by atoms with Crippen molar-refractivity contribution in [2.75, 3.05) is 13.2 Å². The average molecular weight is 533 g/mol. The van der Waals surface area contributed by atoms with Crippen LogP contribution >= 0.6 is 7.82 Å². The second-order valence-electron chi connectivity index (χ2n) is 9.34. The number of hydrogen-bond donors (Lipinski definition) is 2. The summed E-state index contributed by atoms with van der Waals surface area (Å²) in [5.74, 6) is 1.71. The van der Waals surface area contributed by atoms with Gasteiger partial charge in [-0.2, -0.15) is 0 Å². The fourth-order valence-corrected chi connectivity index (χ4v) is 4.12. The van der Waals surface area contributed by atoms with Crippen LogP contribution in [0, 0.1) is 12.3 Å². The lowest BCUT2D eigenvalue weighted by molar-refractivity contribution is -0.161. The van der Waals surface area contributed by atoms with Crippen molar-refractivity contribution in [1.29, 1.82) is 0 Å². The van der Waals surface area contributed by atoms with E-state index >= 15 is 0 Å². The highest BCUT2D eigenvalue weighted by molar-refractivity contribution is 7.46. The molecule has 36 heavy (non-hydrogen) atoms. The van der Waals surface area contributed by atoms with Gasteiger partial charge in [0.15, 0.2) is 6.10 Å². The Bertz CT molecular complexity index is 640. The standard InChI is InChI=1S/C27H49O8P/c1-3-5-7-9-11-13-15-17-19-21-26(28)33-23-25(24-34-36(30,31)32)35-27(29)22-20-18-16-14-12-10-8-6-4-2/h2,25H,3,5-24H2,1H3,(H2,30,31,32). The predicted molar refractivity (Wildman–Crippen MR) is 141 cm³/mol. The van der Waals surface area contributed by atoms with Gasteiger partial charge < -0.3 is 19.3 Å². The summed E-state index contributed by atoms with van der Waals surface area (Å²) in [5, 5.41) is 0. The minimum Gasteiger partial charge on any atom is -0.462 e. The van der Waals surface area contributed by atoms with Gasteiger partial charge in [-0.1, -0.05) is 90.4 Å². The van der Waals surface area contributed by atoms with Gasteiger partial charge in [0.05, 0.1) is 6.61 Å². The van der Waals surface area contributed by atoms with Crippen molar-refractivity contribution < 1.29 is 37.9 Å². The van der Waals surface area contributed by atoms with Gasteiger partial charge in [0.1, 0.15) is 6.61 Å². The normalized spacial score (nSPS) is 12.2. The first kappa shape index (κ1) is 34.6. The molecule has 0 rings (SSSR count). The van der Waals surface area contributed by atoms with Gasteiger partial charge in [-0.15, -0.1) is 12.3 Å². The molecule has 0 heterocycles. The molecule has 0 fully saturated rings. The van der Waals surface area contributed by atoms with Crippen molar-refractivity contribution in [1.82, 2.24) is 0 Å². The van der Waals surface area contributed by atoms with E-state index < -0.39 is 32.5 Å². The van der Waals surface area contributed by atoms with Crippen LogP contribution in [0.1, 0.15) is 129 Å². The lowest BCUT2D eigenvalue weighted by Crippen LogP contribution is -2.29. The first-order valence-electron chi connectivity index (χ1n) is 13.8. The minimum absolute atomic E-state index is 0.190. The highest BCUT2D eigenvalue weighted by Gasteiger charge is 2.22. The van der Waals surface area contributed by atoms with Gasteiger partial charge in [0.2, 0.25) is 0 Å². The van der Waals surface area contributed by atoms with Crippen molar-refractivity contribution in [3.63, 3.8) is 0 Å². The summed E-state index contributed by atoms with van der Waals surface area (Å²) >= 11 is 0. The first-order valence-corrected chi connectivity index (χ1v) is 15.3. The molecule has 0 radical (unpaired) electrons. The van der Waals surface area contributed by atoms with Gasteiger partial charge in [-0.05, 0) is 19.3 Å². The molecular weight excluding hydrogens is 483 g/mol. The molecule has 1 unspecified atom stereocenters. The number of phosphoric ester groups is 1. The van der Waals surface area contributed by atoms with Crippen molar-refractivity contribution in [2.45, 2.75) is 135 Å². The maximum atomic E-state index is 12.2. The van der Waals surface area contributed by atoms with Crippen LogP contribution in [0.25, 0.3) is 0 Å². The number of ether oxygens (including phenoxy) is 2. The summed E-state index contributed by atoms with van der Waals surface area (Å²) < 4.78 is 25.9. The lowest BCUT2D eigenvalue weighted by Gasteiger charge is -2.18. The average Bonchev–Trinajstić information content (AvgIpc) is 2.83. The minimum atomic E-state index is -4.74. The summed E-state index contributed by atoms with van der Waals surface area (Å²) in [4.78, 5) is 42.1. The van der Waals surface area contributed by atoms with Gasteiger partial charge >= 0.3 is 19.8 Å². The Morgan fingerprint density at radius 2 is 1.22 bits per heavy atom. The molecule has 0 saturated carbocycles. The third-order valence-corrected chi connectivity index (χ3v) is 6.33. The van der Waals surface area contributed by atoms with Crippen LogP contribution in [-0.4, -0.2) is 41.0 Å². The zero-order valence-corrected chi connectivity index (χ0v) is 23.2. The largest absolute Gasteiger partial charge is 0.469 e. The van der Waals surface area contributed by atoms with Crippen molar-refractivity contribution in [3.8, 4) is 12.3 Å². The Kier molecular flexibility index (Phi) is 23.0. The van der Waals surface area contributed by atoms with Crippen LogP contribution in [0.2, 0.25) is 0 Å². The molecular formula is C27H49O8P. The van der Waals surface area contributed by atoms with E-state index in [0.29, 0.717) is 6.42 Å². The summed E-state index contributed by atoms with van der Waals surface area (Å²) in [7, 11) is -4.74. The van der Waals surface area contributed by atoms with E-state index in [1.165, 1.54) is 38.5 Å². The number of unbranched alkanes of at least 4 members (excludes halogenated alkanes) is 15. The van der Waals surface area contributed by atoms with Crippen LogP contribution < -0.4 is 0 Å². The van der Waals surface area contributed by atoms with Gasteiger partial charge in [0.25, 0.3) is 0 Å². The zero-order chi connectivity index (χ0) is 26.9. The van der Waals surface area contributed by atoms with Crippen molar-refractivity contribution >= 4 is 19.8 Å². The summed E-state index contributed by atoms with van der Waals surface area (Å²) in [6.45, 7) is 1.36. The van der Waals surface area contributed by atoms with Crippen LogP contribution in [-0.2, 0) is 28.2 Å². The Labute approximate surface area is 218 Å². The molecule has 0 saturated heterocycles. The Hall–Kier alpha value is -1.39. The van der Waals surface area contributed by atoms with E-state index in [4.69, 9.17) is 25.7 Å². The number of terminal acetylenes is 1. The first-order chi connectivity index (χ1) is 17.3. The number of esters is 2. The predicted octanol–water partition coefficient (Wildman–Crippen LogP) is 6.62. The molecule has 0 aromatic carbocycles. The van der Waals surface area contributed by atoms with Crippen LogP contribution in [0.5, 0.6) is 0 Å². The van der Waals surface area contributed by atoms with E-state index in [9.17, 15) is 14.2 Å². The van der Waals surface area contributed by atoms with Crippen molar-refractivity contribution in [2.24, 2.45) is 0 Å². The highest BCUT2D eigenvalue weighted by atomic mass is 31.2. The molecule has 0 aromatic heterocycles. The topological polar surface area (TPSA) is 119 Å². The molecule has 0 aliphatic rings. The molecule has 2 N–H and O–H groups in total. The molecule has 210 valence electrons. The number of phosphoric acid groups is 1. The summed E-state index contributed by atoms with van der Waals surface area (Å²) in [6, 6.07) is 0. The van der Waals surface area contributed by atoms with Crippen LogP contribution in [0.4, 0.5) is 0 Å². The van der Waals surface area contributed by atoms with Crippen LogP contribution in [0.15, 0.2) is 0 Å². The lowest BCUT2D eigenvalue weighted by atomic mass is 10.1. The molecule has 0 aromatic rings. The van der Waals surface area contributed by atoms with E-state index in [2.05, 4.69) is 17.4 Å². The Morgan fingerprint density at radius 3 is 1.72 bits per heavy atom. The highest BCUT2D eigenvalue weighted by Crippen LogP contribution is 2.35. The molecule has 0 aliphatic carbocycles. The Balaban J connectivity index is 4.10. The number of hydrogen-bond acceptors (Lipinski definition) is 6. The number of rotatable bonds is 25. The molecule has 1 atom stereocenters. The summed E-state index contributed by atoms with van der Waals surface area (Å²) in [6.07, 6.45) is 22.6. The molecule has 0 bridgehead atoms.